The Kier molecular flexibility index (Phi) is 2.18. The zero-order valence-corrected chi connectivity index (χ0v) is 8.63. The summed E-state index contributed by atoms with van der Waals surface area (Å²) < 4.78 is 6.15. The van der Waals surface area contributed by atoms with Crippen LogP contribution in [0.3, 0.4) is 0 Å². The molecule has 0 amide bonds. The molecule has 13 heavy (non-hydrogen) atoms. The first-order valence-electron chi connectivity index (χ1n) is 3.93. The number of H-pyrrole nitrogens is 1. The molecule has 4 nitrogen and oxygen atoms in total. The fourth-order valence-electron chi connectivity index (χ4n) is 1.07. The fraction of sp³-hybridized carbons (Fsp3) is 0.250. The number of hydrogen-bond acceptors (Lipinski definition) is 3. The summed E-state index contributed by atoms with van der Waals surface area (Å²) in [5, 5.41) is 6.71. The van der Waals surface area contributed by atoms with Crippen LogP contribution in [0.2, 0.25) is 0 Å². The Labute approximate surface area is 83.4 Å². The first-order chi connectivity index (χ1) is 6.31. The molecule has 1 N–H and O–H groups in total. The second kappa shape index (κ2) is 3.33. The third kappa shape index (κ3) is 1.51. The SMILES string of the molecule is CCOc1nc2cn[nH]c2cc1Br. The predicted octanol–water partition coefficient (Wildman–Crippen LogP) is 2.12. The van der Waals surface area contributed by atoms with Crippen LogP contribution in [0.15, 0.2) is 16.7 Å². The molecular formula is C8H8BrN3O. The van der Waals surface area contributed by atoms with Crippen LogP contribution < -0.4 is 4.74 Å². The predicted molar refractivity (Wildman–Crippen MR) is 52.8 cm³/mol. The maximum absolute atomic E-state index is 5.31. The van der Waals surface area contributed by atoms with Gasteiger partial charge in [-0.3, -0.25) is 5.10 Å². The summed E-state index contributed by atoms with van der Waals surface area (Å²) in [7, 11) is 0. The van der Waals surface area contributed by atoms with Gasteiger partial charge < -0.3 is 4.74 Å². The van der Waals surface area contributed by atoms with Crippen LogP contribution >= 0.6 is 15.9 Å². The van der Waals surface area contributed by atoms with E-state index >= 15 is 0 Å². The Balaban J connectivity index is 2.56. The van der Waals surface area contributed by atoms with Gasteiger partial charge in [-0.1, -0.05) is 0 Å². The van der Waals surface area contributed by atoms with E-state index in [4.69, 9.17) is 4.74 Å². The number of pyridine rings is 1. The molecule has 0 saturated heterocycles. The van der Waals surface area contributed by atoms with E-state index in [0.29, 0.717) is 12.5 Å². The molecule has 2 rings (SSSR count). The van der Waals surface area contributed by atoms with Crippen molar-refractivity contribution in [3.63, 3.8) is 0 Å². The second-order valence-corrected chi connectivity index (χ2v) is 3.37. The van der Waals surface area contributed by atoms with Crippen molar-refractivity contribution in [1.29, 1.82) is 0 Å². The first kappa shape index (κ1) is 8.50. The Hall–Kier alpha value is -1.10. The van der Waals surface area contributed by atoms with Gasteiger partial charge in [-0.15, -0.1) is 0 Å². The van der Waals surface area contributed by atoms with E-state index in [1.54, 1.807) is 6.20 Å². The van der Waals surface area contributed by atoms with Crippen LogP contribution in [0, 0.1) is 0 Å². The molecule has 0 unspecified atom stereocenters. The topological polar surface area (TPSA) is 50.8 Å². The second-order valence-electron chi connectivity index (χ2n) is 2.51. The molecule has 0 aromatic carbocycles. The first-order valence-corrected chi connectivity index (χ1v) is 4.73. The maximum Gasteiger partial charge on any atom is 0.228 e. The molecule has 2 aromatic rings. The van der Waals surface area contributed by atoms with Gasteiger partial charge in [0.25, 0.3) is 0 Å². The molecule has 68 valence electrons. The zero-order valence-electron chi connectivity index (χ0n) is 7.04. The molecule has 2 aromatic heterocycles. The molecule has 0 aliphatic carbocycles. The molecule has 0 saturated carbocycles. The Morgan fingerprint density at radius 3 is 3.23 bits per heavy atom. The molecule has 0 spiro atoms. The number of hydrogen-bond donors (Lipinski definition) is 1. The van der Waals surface area contributed by atoms with E-state index in [-0.39, 0.29) is 0 Å². The number of rotatable bonds is 2. The lowest BCUT2D eigenvalue weighted by molar-refractivity contribution is 0.326. The number of halogens is 1. The summed E-state index contributed by atoms with van der Waals surface area (Å²) in [5.74, 6) is 0.608. The van der Waals surface area contributed by atoms with E-state index in [2.05, 4.69) is 31.1 Å². The lowest BCUT2D eigenvalue weighted by Crippen LogP contribution is -1.95. The van der Waals surface area contributed by atoms with Crippen molar-refractivity contribution in [2.24, 2.45) is 0 Å². The van der Waals surface area contributed by atoms with Crippen LogP contribution in [-0.4, -0.2) is 21.8 Å². The highest BCUT2D eigenvalue weighted by molar-refractivity contribution is 9.10. The minimum absolute atomic E-state index is 0.606. The molecule has 0 aliphatic rings. The zero-order chi connectivity index (χ0) is 9.26. The van der Waals surface area contributed by atoms with Gasteiger partial charge in [0, 0.05) is 0 Å². The van der Waals surface area contributed by atoms with Crippen molar-refractivity contribution in [2.45, 2.75) is 6.92 Å². The van der Waals surface area contributed by atoms with Crippen LogP contribution in [-0.2, 0) is 0 Å². The van der Waals surface area contributed by atoms with E-state index in [9.17, 15) is 0 Å². The average Bonchev–Trinajstić information content (AvgIpc) is 2.52. The lowest BCUT2D eigenvalue weighted by Gasteiger charge is -2.03. The monoisotopic (exact) mass is 241 g/mol. The fourth-order valence-corrected chi connectivity index (χ4v) is 1.51. The Bertz CT molecular complexity index is 426. The van der Waals surface area contributed by atoms with Gasteiger partial charge >= 0.3 is 0 Å². The largest absolute Gasteiger partial charge is 0.477 e. The maximum atomic E-state index is 5.31. The number of aromatic amines is 1. The highest BCUT2D eigenvalue weighted by Gasteiger charge is 2.05. The van der Waals surface area contributed by atoms with Gasteiger partial charge in [-0.05, 0) is 28.9 Å². The Morgan fingerprint density at radius 1 is 1.62 bits per heavy atom. The summed E-state index contributed by atoms with van der Waals surface area (Å²) in [6, 6.07) is 1.90. The molecule has 2 heterocycles. The van der Waals surface area contributed by atoms with Gasteiger partial charge in [0.2, 0.25) is 5.88 Å². The van der Waals surface area contributed by atoms with Crippen molar-refractivity contribution in [3.05, 3.63) is 16.7 Å². The van der Waals surface area contributed by atoms with E-state index in [1.807, 2.05) is 13.0 Å². The normalized spacial score (nSPS) is 10.6. The van der Waals surface area contributed by atoms with E-state index in [1.165, 1.54) is 0 Å². The van der Waals surface area contributed by atoms with Gasteiger partial charge in [0.05, 0.1) is 22.8 Å². The highest BCUT2D eigenvalue weighted by atomic mass is 79.9. The van der Waals surface area contributed by atoms with E-state index < -0.39 is 0 Å². The average molecular weight is 242 g/mol. The summed E-state index contributed by atoms with van der Waals surface area (Å²) in [6.07, 6.45) is 1.67. The molecule has 0 radical (unpaired) electrons. The minimum atomic E-state index is 0.606. The summed E-state index contributed by atoms with van der Waals surface area (Å²) in [6.45, 7) is 2.53. The van der Waals surface area contributed by atoms with Gasteiger partial charge in [-0.25, -0.2) is 4.98 Å². The number of nitrogens with one attached hydrogen (secondary N) is 1. The Morgan fingerprint density at radius 2 is 2.46 bits per heavy atom. The standard InChI is InChI=1S/C8H8BrN3O/c1-2-13-8-5(9)3-6-7(11-8)4-10-12-6/h3-4H,2H2,1H3,(H,10,12). The van der Waals surface area contributed by atoms with Crippen LogP contribution in [0.1, 0.15) is 6.92 Å². The molecule has 5 heteroatoms. The summed E-state index contributed by atoms with van der Waals surface area (Å²) in [4.78, 5) is 4.26. The lowest BCUT2D eigenvalue weighted by atomic mass is 10.4. The molecule has 0 fully saturated rings. The number of nitrogens with zero attached hydrogens (tertiary/aromatic N) is 2. The third-order valence-corrected chi connectivity index (χ3v) is 2.19. The molecule has 0 atom stereocenters. The van der Waals surface area contributed by atoms with Crippen molar-refractivity contribution in [2.75, 3.05) is 6.61 Å². The molecule has 0 bridgehead atoms. The van der Waals surface area contributed by atoms with Crippen molar-refractivity contribution < 1.29 is 4.74 Å². The van der Waals surface area contributed by atoms with E-state index in [0.717, 1.165) is 15.5 Å². The van der Waals surface area contributed by atoms with Crippen molar-refractivity contribution in [1.82, 2.24) is 15.2 Å². The number of fused-ring (bicyclic) bond motifs is 1. The van der Waals surface area contributed by atoms with Crippen molar-refractivity contribution in [3.8, 4) is 5.88 Å². The van der Waals surface area contributed by atoms with Crippen LogP contribution in [0.25, 0.3) is 11.0 Å². The van der Waals surface area contributed by atoms with Crippen LogP contribution in [0.4, 0.5) is 0 Å². The summed E-state index contributed by atoms with van der Waals surface area (Å²) >= 11 is 3.37. The quantitative estimate of drug-likeness (QED) is 0.877. The van der Waals surface area contributed by atoms with Crippen LogP contribution in [0.5, 0.6) is 5.88 Å². The molecule has 0 aliphatic heterocycles. The minimum Gasteiger partial charge on any atom is -0.477 e. The van der Waals surface area contributed by atoms with Gasteiger partial charge in [0.15, 0.2) is 0 Å². The number of ether oxygens (including phenoxy) is 1. The summed E-state index contributed by atoms with van der Waals surface area (Å²) in [5.41, 5.74) is 1.71. The smallest absolute Gasteiger partial charge is 0.228 e. The van der Waals surface area contributed by atoms with Crippen molar-refractivity contribution >= 4 is 27.0 Å². The third-order valence-electron chi connectivity index (χ3n) is 1.63. The molecular weight excluding hydrogens is 234 g/mol. The van der Waals surface area contributed by atoms with Gasteiger partial charge in [-0.2, -0.15) is 5.10 Å². The highest BCUT2D eigenvalue weighted by Crippen LogP contribution is 2.25. The van der Waals surface area contributed by atoms with Gasteiger partial charge in [0.1, 0.15) is 5.52 Å². The number of aromatic nitrogens is 3.